The molecule has 0 spiro atoms. The highest BCUT2D eigenvalue weighted by Crippen LogP contribution is 2.37. The van der Waals surface area contributed by atoms with Crippen LogP contribution in [0.5, 0.6) is 0 Å². The predicted octanol–water partition coefficient (Wildman–Crippen LogP) is 3.67. The highest BCUT2D eigenvalue weighted by atomic mass is 14.7. The Kier molecular flexibility index (Phi) is 2.67. The quantitative estimate of drug-likeness (QED) is 0.809. The van der Waals surface area contributed by atoms with Gasteiger partial charge in [0.1, 0.15) is 0 Å². The molecule has 1 aromatic carbocycles. The van der Waals surface area contributed by atoms with Crippen LogP contribution in [0.2, 0.25) is 0 Å². The number of nitrogens with one attached hydrogen (secondary N) is 1. The van der Waals surface area contributed by atoms with E-state index in [9.17, 15) is 0 Å². The maximum atomic E-state index is 6.44. The van der Waals surface area contributed by atoms with Crippen LogP contribution in [0.1, 0.15) is 42.9 Å². The van der Waals surface area contributed by atoms with Crippen LogP contribution in [0, 0.1) is 12.8 Å². The smallest absolute Gasteiger partial charge is 0.0487 e. The molecule has 1 aliphatic rings. The van der Waals surface area contributed by atoms with Gasteiger partial charge in [-0.3, -0.25) is 0 Å². The first kappa shape index (κ1) is 10.8. The normalized spacial score (nSPS) is 18.9. The first-order valence-corrected chi connectivity index (χ1v) is 6.59. The van der Waals surface area contributed by atoms with E-state index < -0.39 is 0 Å². The fraction of sp³-hybridized carbons (Fsp3) is 0.467. The summed E-state index contributed by atoms with van der Waals surface area (Å²) in [6.45, 7) is 2.14. The lowest BCUT2D eigenvalue weighted by Crippen LogP contribution is -2.18. The van der Waals surface area contributed by atoms with Crippen LogP contribution in [-0.4, -0.2) is 4.98 Å². The van der Waals surface area contributed by atoms with E-state index in [4.69, 9.17) is 5.73 Å². The molecule has 1 heterocycles. The third-order valence-corrected chi connectivity index (χ3v) is 4.22. The highest BCUT2D eigenvalue weighted by Gasteiger charge is 2.25. The first-order chi connectivity index (χ1) is 8.27. The van der Waals surface area contributed by atoms with Crippen molar-refractivity contribution in [1.82, 2.24) is 4.98 Å². The van der Waals surface area contributed by atoms with Crippen LogP contribution in [-0.2, 0) is 0 Å². The van der Waals surface area contributed by atoms with Crippen LogP contribution >= 0.6 is 0 Å². The van der Waals surface area contributed by atoms with Crippen molar-refractivity contribution in [1.29, 1.82) is 0 Å². The number of para-hydroxylation sites is 1. The second-order valence-corrected chi connectivity index (χ2v) is 5.31. The first-order valence-electron chi connectivity index (χ1n) is 6.59. The monoisotopic (exact) mass is 228 g/mol. The van der Waals surface area contributed by atoms with Gasteiger partial charge in [-0.05, 0) is 36.8 Å². The molecule has 0 saturated heterocycles. The molecule has 0 radical (unpaired) electrons. The number of benzene rings is 1. The lowest BCUT2D eigenvalue weighted by molar-refractivity contribution is 0.447. The van der Waals surface area contributed by atoms with Crippen molar-refractivity contribution in [2.75, 3.05) is 0 Å². The number of nitrogens with two attached hydrogens (primary N) is 1. The zero-order valence-electron chi connectivity index (χ0n) is 10.4. The van der Waals surface area contributed by atoms with Gasteiger partial charge in [-0.1, -0.05) is 31.0 Å². The molecule has 1 aliphatic carbocycles. The average molecular weight is 228 g/mol. The molecule has 17 heavy (non-hydrogen) atoms. The third kappa shape index (κ3) is 1.77. The average Bonchev–Trinajstić information content (AvgIpc) is 2.98. The minimum Gasteiger partial charge on any atom is -0.361 e. The summed E-state index contributed by atoms with van der Waals surface area (Å²) in [6, 6.07) is 6.65. The summed E-state index contributed by atoms with van der Waals surface area (Å²) in [5, 5.41) is 1.31. The number of rotatable bonds is 2. The molecule has 0 bridgehead atoms. The van der Waals surface area contributed by atoms with Crippen molar-refractivity contribution in [2.24, 2.45) is 11.7 Å². The minimum absolute atomic E-state index is 0.202. The molecular formula is C15H20N2. The van der Waals surface area contributed by atoms with Gasteiger partial charge >= 0.3 is 0 Å². The second kappa shape index (κ2) is 4.19. The standard InChI is InChI=1S/C15H20N2/c1-10-5-4-8-12-13(9-17-15(10)12)14(16)11-6-2-3-7-11/h4-5,8-9,11,14,17H,2-3,6-7,16H2,1H3. The maximum Gasteiger partial charge on any atom is 0.0487 e. The van der Waals surface area contributed by atoms with Crippen LogP contribution in [0.25, 0.3) is 10.9 Å². The zero-order chi connectivity index (χ0) is 11.8. The molecule has 0 amide bonds. The SMILES string of the molecule is Cc1cccc2c(C(N)C3CCCC3)c[nH]c12. The lowest BCUT2D eigenvalue weighted by Gasteiger charge is -2.18. The Hall–Kier alpha value is -1.28. The number of fused-ring (bicyclic) bond motifs is 1. The van der Waals surface area contributed by atoms with Crippen molar-refractivity contribution in [2.45, 2.75) is 38.6 Å². The van der Waals surface area contributed by atoms with Gasteiger partial charge < -0.3 is 10.7 Å². The van der Waals surface area contributed by atoms with Gasteiger partial charge in [0.05, 0.1) is 0 Å². The number of aromatic nitrogens is 1. The Morgan fingerprint density at radius 2 is 2.06 bits per heavy atom. The molecule has 2 aromatic rings. The van der Waals surface area contributed by atoms with Crippen molar-refractivity contribution in [3.05, 3.63) is 35.5 Å². The number of hydrogen-bond acceptors (Lipinski definition) is 1. The van der Waals surface area contributed by atoms with E-state index >= 15 is 0 Å². The topological polar surface area (TPSA) is 41.8 Å². The van der Waals surface area contributed by atoms with Gasteiger partial charge in [0.2, 0.25) is 0 Å². The lowest BCUT2D eigenvalue weighted by atomic mass is 9.92. The fourth-order valence-electron chi connectivity index (χ4n) is 3.17. The highest BCUT2D eigenvalue weighted by molar-refractivity contribution is 5.86. The molecule has 90 valence electrons. The zero-order valence-corrected chi connectivity index (χ0v) is 10.4. The summed E-state index contributed by atoms with van der Waals surface area (Å²) in [5.74, 6) is 0.675. The molecule has 1 aromatic heterocycles. The van der Waals surface area contributed by atoms with Crippen molar-refractivity contribution < 1.29 is 0 Å². The number of aryl methyl sites for hydroxylation is 1. The van der Waals surface area contributed by atoms with E-state index in [1.807, 2.05) is 0 Å². The molecule has 2 nitrogen and oxygen atoms in total. The summed E-state index contributed by atoms with van der Waals surface area (Å²) in [5.41, 5.74) is 10.3. The molecule has 3 N–H and O–H groups in total. The molecule has 0 aliphatic heterocycles. The van der Waals surface area contributed by atoms with Crippen LogP contribution < -0.4 is 5.73 Å². The van der Waals surface area contributed by atoms with Crippen molar-refractivity contribution >= 4 is 10.9 Å². The van der Waals surface area contributed by atoms with Gasteiger partial charge in [-0.2, -0.15) is 0 Å². The largest absolute Gasteiger partial charge is 0.361 e. The fourth-order valence-corrected chi connectivity index (χ4v) is 3.17. The Labute approximate surface area is 102 Å². The Bertz CT molecular complexity index is 521. The Morgan fingerprint density at radius 1 is 1.29 bits per heavy atom. The van der Waals surface area contributed by atoms with Gasteiger partial charge in [0.25, 0.3) is 0 Å². The van der Waals surface area contributed by atoms with Gasteiger partial charge in [0.15, 0.2) is 0 Å². The van der Waals surface area contributed by atoms with E-state index in [1.54, 1.807) is 0 Å². The van der Waals surface area contributed by atoms with Crippen LogP contribution in [0.15, 0.2) is 24.4 Å². The van der Waals surface area contributed by atoms with Gasteiger partial charge in [-0.15, -0.1) is 0 Å². The number of hydrogen-bond donors (Lipinski definition) is 2. The summed E-state index contributed by atoms with van der Waals surface area (Å²) in [4.78, 5) is 3.38. The van der Waals surface area contributed by atoms with Gasteiger partial charge in [0, 0.05) is 23.1 Å². The maximum absolute atomic E-state index is 6.44. The molecular weight excluding hydrogens is 208 g/mol. The predicted molar refractivity (Wildman–Crippen MR) is 71.9 cm³/mol. The van der Waals surface area contributed by atoms with Crippen molar-refractivity contribution in [3.63, 3.8) is 0 Å². The number of H-pyrrole nitrogens is 1. The van der Waals surface area contributed by atoms with Crippen LogP contribution in [0.3, 0.4) is 0 Å². The Balaban J connectivity index is 2.02. The Morgan fingerprint density at radius 3 is 2.82 bits per heavy atom. The van der Waals surface area contributed by atoms with E-state index in [0.717, 1.165) is 0 Å². The van der Waals surface area contributed by atoms with Gasteiger partial charge in [-0.25, -0.2) is 0 Å². The summed E-state index contributed by atoms with van der Waals surface area (Å²) in [6.07, 6.45) is 7.39. The molecule has 3 rings (SSSR count). The number of aromatic amines is 1. The van der Waals surface area contributed by atoms with Crippen molar-refractivity contribution in [3.8, 4) is 0 Å². The summed E-state index contributed by atoms with van der Waals surface area (Å²) < 4.78 is 0. The minimum atomic E-state index is 0.202. The molecule has 1 unspecified atom stereocenters. The summed E-state index contributed by atoms with van der Waals surface area (Å²) >= 11 is 0. The second-order valence-electron chi connectivity index (χ2n) is 5.31. The molecule has 1 fully saturated rings. The third-order valence-electron chi connectivity index (χ3n) is 4.22. The van der Waals surface area contributed by atoms with E-state index in [2.05, 4.69) is 36.3 Å². The molecule has 1 saturated carbocycles. The van der Waals surface area contributed by atoms with E-state index in [0.29, 0.717) is 5.92 Å². The summed E-state index contributed by atoms with van der Waals surface area (Å²) in [7, 11) is 0. The molecule has 2 heteroatoms. The van der Waals surface area contributed by atoms with Crippen LogP contribution in [0.4, 0.5) is 0 Å². The van der Waals surface area contributed by atoms with E-state index in [1.165, 1.54) is 47.7 Å². The van der Waals surface area contributed by atoms with E-state index in [-0.39, 0.29) is 6.04 Å². The molecule has 1 atom stereocenters.